The first-order chi connectivity index (χ1) is 9.07. The van der Waals surface area contributed by atoms with E-state index >= 15 is 0 Å². The van der Waals surface area contributed by atoms with Crippen LogP contribution >= 0.6 is 0 Å². The number of amides is 2. The Kier molecular flexibility index (Phi) is 4.42. The van der Waals surface area contributed by atoms with Crippen molar-refractivity contribution >= 4 is 11.8 Å². The Labute approximate surface area is 114 Å². The Balaban J connectivity index is 1.86. The van der Waals surface area contributed by atoms with Gasteiger partial charge >= 0.3 is 0 Å². The van der Waals surface area contributed by atoms with E-state index in [1.165, 1.54) is 7.11 Å². The monoisotopic (exact) mass is 269 g/mol. The van der Waals surface area contributed by atoms with Crippen molar-refractivity contribution in [1.82, 2.24) is 15.1 Å². The molecule has 0 radical (unpaired) electrons. The molecule has 6 nitrogen and oxygen atoms in total. The maximum atomic E-state index is 12.5. The van der Waals surface area contributed by atoms with Gasteiger partial charge in [0.15, 0.2) is 0 Å². The maximum Gasteiger partial charge on any atom is 0.248 e. The lowest BCUT2D eigenvalue weighted by Gasteiger charge is -2.38. The molecule has 0 aromatic rings. The molecule has 0 aromatic heterocycles. The van der Waals surface area contributed by atoms with Crippen LogP contribution < -0.4 is 5.32 Å². The molecule has 2 saturated heterocycles. The van der Waals surface area contributed by atoms with Crippen LogP contribution in [0.3, 0.4) is 0 Å². The van der Waals surface area contributed by atoms with Crippen molar-refractivity contribution < 1.29 is 14.3 Å². The van der Waals surface area contributed by atoms with Gasteiger partial charge in [-0.3, -0.25) is 9.59 Å². The minimum Gasteiger partial charge on any atom is -0.375 e. The normalized spacial score (nSPS) is 27.7. The molecule has 1 atom stereocenters. The Morgan fingerprint density at radius 2 is 1.84 bits per heavy atom. The Hall–Kier alpha value is -1.14. The summed E-state index contributed by atoms with van der Waals surface area (Å²) in [5.74, 6) is 0.170. The third-order valence-corrected chi connectivity index (χ3v) is 4.03. The summed E-state index contributed by atoms with van der Waals surface area (Å²) in [4.78, 5) is 27.8. The van der Waals surface area contributed by atoms with Crippen LogP contribution in [0, 0.1) is 0 Å². The molecule has 0 bridgehead atoms. The van der Waals surface area contributed by atoms with Gasteiger partial charge in [-0.25, -0.2) is 0 Å². The highest BCUT2D eigenvalue weighted by Crippen LogP contribution is 2.22. The zero-order chi connectivity index (χ0) is 13.9. The predicted octanol–water partition coefficient (Wildman–Crippen LogP) is -0.554. The molecular formula is C13H23N3O3. The molecule has 2 fully saturated rings. The quantitative estimate of drug-likeness (QED) is 0.746. The molecule has 6 heteroatoms. The van der Waals surface area contributed by atoms with Gasteiger partial charge in [0.1, 0.15) is 6.61 Å². The number of hydrogen-bond acceptors (Lipinski definition) is 4. The van der Waals surface area contributed by atoms with Crippen molar-refractivity contribution in [3.8, 4) is 0 Å². The van der Waals surface area contributed by atoms with Crippen molar-refractivity contribution in [2.75, 3.05) is 46.4 Å². The average Bonchev–Trinajstić information content (AvgIpc) is 2.86. The summed E-state index contributed by atoms with van der Waals surface area (Å²) in [6.45, 7) is 5.44. The fraction of sp³-hybridized carbons (Fsp3) is 0.846. The Morgan fingerprint density at radius 1 is 1.21 bits per heavy atom. The number of carbonyl (C=O) groups is 2. The SMILES string of the molecule is COCC(=O)N1CCN(C(=O)C2(C)CCCN2)CC1. The van der Waals surface area contributed by atoms with Crippen LogP contribution in [0.25, 0.3) is 0 Å². The fourth-order valence-electron chi connectivity index (χ4n) is 2.80. The number of methoxy groups -OCH3 is 1. The van der Waals surface area contributed by atoms with E-state index in [-0.39, 0.29) is 18.4 Å². The number of rotatable bonds is 3. The van der Waals surface area contributed by atoms with E-state index in [0.29, 0.717) is 26.2 Å². The van der Waals surface area contributed by atoms with Crippen LogP contribution in [0.2, 0.25) is 0 Å². The highest BCUT2D eigenvalue weighted by atomic mass is 16.5. The minimum absolute atomic E-state index is 0.000183. The Bertz CT molecular complexity index is 345. The smallest absolute Gasteiger partial charge is 0.248 e. The molecule has 1 unspecified atom stereocenters. The first kappa shape index (κ1) is 14.3. The number of nitrogens with one attached hydrogen (secondary N) is 1. The van der Waals surface area contributed by atoms with Gasteiger partial charge in [-0.05, 0) is 26.3 Å². The lowest BCUT2D eigenvalue weighted by Crippen LogP contribution is -2.58. The number of ether oxygens (including phenoxy) is 1. The number of hydrogen-bond donors (Lipinski definition) is 1. The largest absolute Gasteiger partial charge is 0.375 e. The summed E-state index contributed by atoms with van der Waals surface area (Å²) in [5.41, 5.74) is -0.404. The maximum absolute atomic E-state index is 12.5. The van der Waals surface area contributed by atoms with E-state index < -0.39 is 5.54 Å². The van der Waals surface area contributed by atoms with Crippen LogP contribution in [-0.2, 0) is 14.3 Å². The second-order valence-electron chi connectivity index (χ2n) is 5.47. The van der Waals surface area contributed by atoms with E-state index in [9.17, 15) is 9.59 Å². The summed E-state index contributed by atoms with van der Waals surface area (Å²) in [6, 6.07) is 0. The van der Waals surface area contributed by atoms with Crippen molar-refractivity contribution in [2.45, 2.75) is 25.3 Å². The fourth-order valence-corrected chi connectivity index (χ4v) is 2.80. The summed E-state index contributed by atoms with van der Waals surface area (Å²) in [6.07, 6.45) is 1.95. The highest BCUT2D eigenvalue weighted by molar-refractivity contribution is 5.86. The van der Waals surface area contributed by atoms with E-state index in [0.717, 1.165) is 19.4 Å². The first-order valence-corrected chi connectivity index (χ1v) is 6.88. The lowest BCUT2D eigenvalue weighted by atomic mass is 9.98. The third kappa shape index (κ3) is 3.06. The van der Waals surface area contributed by atoms with Gasteiger partial charge in [0.05, 0.1) is 5.54 Å². The van der Waals surface area contributed by atoms with Crippen LogP contribution in [0.1, 0.15) is 19.8 Å². The topological polar surface area (TPSA) is 61.9 Å². The van der Waals surface area contributed by atoms with Crippen molar-refractivity contribution in [1.29, 1.82) is 0 Å². The summed E-state index contributed by atoms with van der Waals surface area (Å²) in [7, 11) is 1.52. The van der Waals surface area contributed by atoms with E-state index in [1.54, 1.807) is 4.90 Å². The summed E-state index contributed by atoms with van der Waals surface area (Å²) in [5, 5.41) is 3.29. The zero-order valence-electron chi connectivity index (χ0n) is 11.8. The molecule has 2 aliphatic rings. The Morgan fingerprint density at radius 3 is 2.37 bits per heavy atom. The van der Waals surface area contributed by atoms with Gasteiger partial charge in [0, 0.05) is 33.3 Å². The van der Waals surface area contributed by atoms with Crippen LogP contribution in [0.5, 0.6) is 0 Å². The minimum atomic E-state index is -0.404. The molecule has 2 aliphatic heterocycles. The van der Waals surface area contributed by atoms with Gasteiger partial charge in [-0.1, -0.05) is 0 Å². The second kappa shape index (κ2) is 5.88. The second-order valence-corrected chi connectivity index (χ2v) is 5.47. The molecule has 0 spiro atoms. The molecule has 108 valence electrons. The van der Waals surface area contributed by atoms with Gasteiger partial charge in [-0.15, -0.1) is 0 Å². The number of piperazine rings is 1. The molecule has 0 saturated carbocycles. The molecular weight excluding hydrogens is 246 g/mol. The van der Waals surface area contributed by atoms with E-state index in [4.69, 9.17) is 4.74 Å². The molecule has 2 amide bonds. The highest BCUT2D eigenvalue weighted by Gasteiger charge is 2.39. The van der Waals surface area contributed by atoms with E-state index in [1.807, 2.05) is 11.8 Å². The third-order valence-electron chi connectivity index (χ3n) is 4.03. The lowest BCUT2D eigenvalue weighted by molar-refractivity contribution is -0.144. The molecule has 2 heterocycles. The van der Waals surface area contributed by atoms with Gasteiger partial charge in [0.2, 0.25) is 11.8 Å². The summed E-state index contributed by atoms with van der Waals surface area (Å²) < 4.78 is 4.85. The van der Waals surface area contributed by atoms with Gasteiger partial charge in [0.25, 0.3) is 0 Å². The molecule has 2 rings (SSSR count). The molecule has 0 aromatic carbocycles. The van der Waals surface area contributed by atoms with E-state index in [2.05, 4.69) is 5.32 Å². The van der Waals surface area contributed by atoms with Gasteiger partial charge < -0.3 is 19.9 Å². The first-order valence-electron chi connectivity index (χ1n) is 6.88. The van der Waals surface area contributed by atoms with Crippen molar-refractivity contribution in [3.05, 3.63) is 0 Å². The number of nitrogens with zero attached hydrogens (tertiary/aromatic N) is 2. The van der Waals surface area contributed by atoms with Crippen LogP contribution in [0.4, 0.5) is 0 Å². The average molecular weight is 269 g/mol. The zero-order valence-corrected chi connectivity index (χ0v) is 11.8. The number of carbonyl (C=O) groups excluding carboxylic acids is 2. The molecule has 1 N–H and O–H groups in total. The summed E-state index contributed by atoms with van der Waals surface area (Å²) >= 11 is 0. The standard InChI is InChI=1S/C13H23N3O3/c1-13(4-3-5-14-13)12(18)16-8-6-15(7-9-16)11(17)10-19-2/h14H,3-10H2,1-2H3. The van der Waals surface area contributed by atoms with Gasteiger partial charge in [-0.2, -0.15) is 0 Å². The van der Waals surface area contributed by atoms with Crippen molar-refractivity contribution in [3.63, 3.8) is 0 Å². The molecule has 0 aliphatic carbocycles. The molecule has 19 heavy (non-hydrogen) atoms. The van der Waals surface area contributed by atoms with Crippen LogP contribution in [-0.4, -0.2) is 73.6 Å². The van der Waals surface area contributed by atoms with Crippen molar-refractivity contribution in [2.24, 2.45) is 0 Å². The van der Waals surface area contributed by atoms with Crippen LogP contribution in [0.15, 0.2) is 0 Å². The predicted molar refractivity (Wildman–Crippen MR) is 70.7 cm³/mol.